The molecular weight excluding hydrogens is 171 g/mol. The van der Waals surface area contributed by atoms with E-state index in [1.165, 1.54) is 13.3 Å². The van der Waals surface area contributed by atoms with Gasteiger partial charge in [-0.3, -0.25) is 0 Å². The minimum absolute atomic E-state index is 0.352. The Labute approximate surface area is 74.5 Å². The Kier molecular flexibility index (Phi) is 1.72. The average molecular weight is 180 g/mol. The Balaban J connectivity index is 2.77. The maximum atomic E-state index is 13.0. The number of hydrogen-bond acceptors (Lipinski definition) is 3. The first-order valence-electron chi connectivity index (χ1n) is 3.96. The van der Waals surface area contributed by atoms with Crippen molar-refractivity contribution >= 4 is 11.2 Å². The minimum atomic E-state index is -1.11. The SMILES string of the molecule is CC(F)c1ncnc2c1ncn2C. The lowest BCUT2D eigenvalue weighted by atomic mass is 10.3. The Morgan fingerprint density at radius 3 is 2.85 bits per heavy atom. The van der Waals surface area contributed by atoms with Gasteiger partial charge in [-0.15, -0.1) is 0 Å². The van der Waals surface area contributed by atoms with E-state index in [9.17, 15) is 4.39 Å². The van der Waals surface area contributed by atoms with E-state index in [0.29, 0.717) is 16.9 Å². The number of rotatable bonds is 1. The standard InChI is InChI=1S/C8H9FN4/c1-5(9)6-7-8(11-3-10-6)13(2)4-12-7/h3-5H,1-2H3. The molecule has 0 radical (unpaired) electrons. The highest BCUT2D eigenvalue weighted by Gasteiger charge is 2.12. The summed E-state index contributed by atoms with van der Waals surface area (Å²) in [4.78, 5) is 11.9. The highest BCUT2D eigenvalue weighted by Crippen LogP contribution is 2.20. The van der Waals surface area contributed by atoms with Crippen LogP contribution in [0.15, 0.2) is 12.7 Å². The van der Waals surface area contributed by atoms with Gasteiger partial charge in [0.1, 0.15) is 23.7 Å². The van der Waals surface area contributed by atoms with Gasteiger partial charge < -0.3 is 4.57 Å². The van der Waals surface area contributed by atoms with Crippen LogP contribution in [0.4, 0.5) is 4.39 Å². The zero-order valence-corrected chi connectivity index (χ0v) is 7.40. The van der Waals surface area contributed by atoms with Gasteiger partial charge in [0, 0.05) is 7.05 Å². The summed E-state index contributed by atoms with van der Waals surface area (Å²) in [6.07, 6.45) is 1.85. The summed E-state index contributed by atoms with van der Waals surface area (Å²) in [5.74, 6) is 0. The predicted octanol–water partition coefficient (Wildman–Crippen LogP) is 1.39. The molecule has 0 bridgehead atoms. The number of alkyl halides is 1. The zero-order chi connectivity index (χ0) is 9.42. The molecule has 0 fully saturated rings. The fourth-order valence-electron chi connectivity index (χ4n) is 1.25. The van der Waals surface area contributed by atoms with Gasteiger partial charge >= 0.3 is 0 Å². The number of fused-ring (bicyclic) bond motifs is 1. The van der Waals surface area contributed by atoms with Crippen LogP contribution >= 0.6 is 0 Å². The monoisotopic (exact) mass is 180 g/mol. The first-order valence-corrected chi connectivity index (χ1v) is 3.96. The van der Waals surface area contributed by atoms with E-state index in [4.69, 9.17) is 0 Å². The molecule has 5 heteroatoms. The van der Waals surface area contributed by atoms with Gasteiger partial charge in [-0.2, -0.15) is 0 Å². The number of aryl methyl sites for hydroxylation is 1. The summed E-state index contributed by atoms with van der Waals surface area (Å²) in [6, 6.07) is 0. The summed E-state index contributed by atoms with van der Waals surface area (Å²) in [5.41, 5.74) is 1.56. The molecule has 2 rings (SSSR count). The number of halogens is 1. The Bertz CT molecular complexity index is 435. The van der Waals surface area contributed by atoms with Gasteiger partial charge in [0.05, 0.1) is 6.33 Å². The quantitative estimate of drug-likeness (QED) is 0.666. The molecule has 0 aliphatic rings. The van der Waals surface area contributed by atoms with Crippen molar-refractivity contribution in [2.45, 2.75) is 13.1 Å². The van der Waals surface area contributed by atoms with Crippen molar-refractivity contribution in [3.05, 3.63) is 18.3 Å². The molecule has 0 aliphatic carbocycles. The van der Waals surface area contributed by atoms with Crippen molar-refractivity contribution in [1.82, 2.24) is 19.5 Å². The van der Waals surface area contributed by atoms with Crippen LogP contribution in [0.25, 0.3) is 11.2 Å². The molecule has 0 spiro atoms. The van der Waals surface area contributed by atoms with Crippen LogP contribution in [0.1, 0.15) is 18.8 Å². The Morgan fingerprint density at radius 1 is 1.38 bits per heavy atom. The fraction of sp³-hybridized carbons (Fsp3) is 0.375. The molecule has 0 saturated heterocycles. The van der Waals surface area contributed by atoms with Crippen molar-refractivity contribution in [3.8, 4) is 0 Å². The smallest absolute Gasteiger partial charge is 0.163 e. The fourth-order valence-corrected chi connectivity index (χ4v) is 1.25. The molecule has 4 nitrogen and oxygen atoms in total. The van der Waals surface area contributed by atoms with Crippen LogP contribution in [0.3, 0.4) is 0 Å². The van der Waals surface area contributed by atoms with E-state index >= 15 is 0 Å². The van der Waals surface area contributed by atoms with Crippen LogP contribution in [0.5, 0.6) is 0 Å². The lowest BCUT2D eigenvalue weighted by Gasteiger charge is -2.00. The van der Waals surface area contributed by atoms with Gasteiger partial charge in [-0.1, -0.05) is 0 Å². The highest BCUT2D eigenvalue weighted by molar-refractivity contribution is 5.73. The first-order chi connectivity index (χ1) is 6.20. The molecule has 2 aromatic rings. The molecule has 0 saturated carbocycles. The third-order valence-corrected chi connectivity index (χ3v) is 1.90. The lowest BCUT2D eigenvalue weighted by molar-refractivity contribution is 0.368. The normalized spacial score (nSPS) is 13.5. The maximum absolute atomic E-state index is 13.0. The largest absolute Gasteiger partial charge is 0.318 e. The van der Waals surface area contributed by atoms with Crippen LogP contribution in [-0.4, -0.2) is 19.5 Å². The third-order valence-electron chi connectivity index (χ3n) is 1.90. The molecular formula is C8H9FN4. The average Bonchev–Trinajstić information content (AvgIpc) is 2.48. The first kappa shape index (κ1) is 8.10. The molecule has 0 N–H and O–H groups in total. The number of nitrogens with zero attached hydrogens (tertiary/aromatic N) is 4. The molecule has 13 heavy (non-hydrogen) atoms. The predicted molar refractivity (Wildman–Crippen MR) is 45.8 cm³/mol. The van der Waals surface area contributed by atoms with E-state index in [1.54, 1.807) is 10.9 Å². The third kappa shape index (κ3) is 1.16. The molecule has 0 amide bonds. The molecule has 68 valence electrons. The van der Waals surface area contributed by atoms with Crippen LogP contribution in [-0.2, 0) is 7.05 Å². The maximum Gasteiger partial charge on any atom is 0.163 e. The second-order valence-electron chi connectivity index (χ2n) is 2.90. The summed E-state index contributed by atoms with van der Waals surface area (Å²) in [7, 11) is 1.81. The van der Waals surface area contributed by atoms with Crippen molar-refractivity contribution in [3.63, 3.8) is 0 Å². The van der Waals surface area contributed by atoms with Crippen molar-refractivity contribution in [1.29, 1.82) is 0 Å². The zero-order valence-electron chi connectivity index (χ0n) is 7.40. The molecule has 1 atom stereocenters. The number of aromatic nitrogens is 4. The van der Waals surface area contributed by atoms with E-state index in [2.05, 4.69) is 15.0 Å². The minimum Gasteiger partial charge on any atom is -0.318 e. The topological polar surface area (TPSA) is 43.6 Å². The summed E-state index contributed by atoms with van der Waals surface area (Å²) < 4.78 is 14.8. The van der Waals surface area contributed by atoms with Crippen LogP contribution < -0.4 is 0 Å². The summed E-state index contributed by atoms with van der Waals surface area (Å²) in [5, 5.41) is 0. The van der Waals surface area contributed by atoms with Crippen LogP contribution in [0.2, 0.25) is 0 Å². The highest BCUT2D eigenvalue weighted by atomic mass is 19.1. The van der Waals surface area contributed by atoms with Crippen LogP contribution in [0, 0.1) is 0 Å². The Hall–Kier alpha value is -1.52. The van der Waals surface area contributed by atoms with Gasteiger partial charge in [0.25, 0.3) is 0 Å². The van der Waals surface area contributed by atoms with E-state index < -0.39 is 6.17 Å². The van der Waals surface area contributed by atoms with E-state index in [-0.39, 0.29) is 0 Å². The van der Waals surface area contributed by atoms with Gasteiger partial charge in [-0.05, 0) is 6.92 Å². The van der Waals surface area contributed by atoms with Crippen molar-refractivity contribution in [2.75, 3.05) is 0 Å². The second kappa shape index (κ2) is 2.76. The molecule has 0 aromatic carbocycles. The summed E-state index contributed by atoms with van der Waals surface area (Å²) >= 11 is 0. The molecule has 2 aromatic heterocycles. The van der Waals surface area contributed by atoms with Gasteiger partial charge in [0.2, 0.25) is 0 Å². The van der Waals surface area contributed by atoms with Gasteiger partial charge in [0.15, 0.2) is 5.65 Å². The molecule has 1 unspecified atom stereocenters. The number of hydrogen-bond donors (Lipinski definition) is 0. The number of imidazole rings is 1. The van der Waals surface area contributed by atoms with Gasteiger partial charge in [-0.25, -0.2) is 19.3 Å². The molecule has 2 heterocycles. The van der Waals surface area contributed by atoms with Crippen molar-refractivity contribution in [2.24, 2.45) is 7.05 Å². The lowest BCUT2D eigenvalue weighted by Crippen LogP contribution is -1.95. The van der Waals surface area contributed by atoms with Crippen molar-refractivity contribution < 1.29 is 4.39 Å². The molecule has 0 aliphatic heterocycles. The Morgan fingerprint density at radius 2 is 2.15 bits per heavy atom. The summed E-state index contributed by atoms with van der Waals surface area (Å²) in [6.45, 7) is 1.44. The van der Waals surface area contributed by atoms with E-state index in [1.807, 2.05) is 7.05 Å². The van der Waals surface area contributed by atoms with E-state index in [0.717, 1.165) is 0 Å². The second-order valence-corrected chi connectivity index (χ2v) is 2.90.